The van der Waals surface area contributed by atoms with E-state index in [9.17, 15) is 14.4 Å². The van der Waals surface area contributed by atoms with Gasteiger partial charge in [-0.1, -0.05) is 182 Å². The number of rotatable bonds is 39. The van der Waals surface area contributed by atoms with Gasteiger partial charge in [0.25, 0.3) is 0 Å². The minimum Gasteiger partial charge on any atom is -0.368 e. The van der Waals surface area contributed by atoms with Crippen LogP contribution in [0.1, 0.15) is 130 Å². The molecule has 22 heteroatoms. The molecule has 0 fully saturated rings. The van der Waals surface area contributed by atoms with E-state index in [1.165, 1.54) is 39.2 Å². The third kappa shape index (κ3) is 22.8. The maximum atomic E-state index is 15.6. The van der Waals surface area contributed by atoms with Crippen LogP contribution in [0.4, 0.5) is 0 Å². The molecule has 6 rings (SSSR count). The molecule has 0 heterocycles. The fourth-order valence-electron chi connectivity index (χ4n) is 11.7. The molecule has 0 bridgehead atoms. The van der Waals surface area contributed by atoms with E-state index in [0.717, 1.165) is 16.7 Å². The third-order valence-corrected chi connectivity index (χ3v) is 17.7. The molecule has 0 aliphatic carbocycles. The highest BCUT2D eigenvalue weighted by atomic mass is 16.2. The standard InChI is InChI=1S/C75H99N13O9/c1-55(61-28-13-7-14-29-61)83(47-67(79)89)73(95)53-87(59(5)65-36-21-11-22-37-65)71(93)48-81(44-26-41-77)70(92)51-86(58(4)64-34-19-10-20-35-64)75(97)54-88(60(6)66-38-23-12-24-39-66)72(94)49-82(45-27-42-78)69(91)50-85(57(3)63-32-17-9-18-33-63)74(96)52-84(68(90)46-80-43-25-40-76)56(2)62-30-15-8-16-31-62/h7-24,28-39,55-60,80H,25-27,40-54,76-78H2,1-6H3,(H2,79,89)/t55-,56-,57-,58-,59-,60-/m0/s1. The first kappa shape index (κ1) is 76.4. The van der Waals surface area contributed by atoms with E-state index in [2.05, 4.69) is 5.32 Å². The van der Waals surface area contributed by atoms with Crippen molar-refractivity contribution in [2.45, 2.75) is 97.1 Å². The molecule has 97 heavy (non-hydrogen) atoms. The second-order valence-electron chi connectivity index (χ2n) is 24.4. The summed E-state index contributed by atoms with van der Waals surface area (Å²) < 4.78 is 0. The van der Waals surface area contributed by atoms with Gasteiger partial charge in [0.05, 0.1) is 62.4 Å². The van der Waals surface area contributed by atoms with Crippen LogP contribution in [0.15, 0.2) is 182 Å². The summed E-state index contributed by atoms with van der Waals surface area (Å²) in [7, 11) is 0. The highest BCUT2D eigenvalue weighted by Gasteiger charge is 2.37. The van der Waals surface area contributed by atoms with Crippen molar-refractivity contribution >= 4 is 53.2 Å². The zero-order valence-electron chi connectivity index (χ0n) is 57.1. The molecular formula is C75H99N13O9. The Bertz CT molecular complexity index is 3450. The maximum absolute atomic E-state index is 15.6. The fourth-order valence-corrected chi connectivity index (χ4v) is 11.7. The van der Waals surface area contributed by atoms with Crippen LogP contribution in [-0.4, -0.2) is 191 Å². The van der Waals surface area contributed by atoms with Crippen LogP contribution in [0.2, 0.25) is 0 Å². The lowest BCUT2D eigenvalue weighted by atomic mass is 10.0. The van der Waals surface area contributed by atoms with Crippen molar-refractivity contribution in [1.82, 2.24) is 44.5 Å². The first-order valence-corrected chi connectivity index (χ1v) is 33.4. The SMILES string of the molecule is C[C@@H](c1ccccc1)N(CC(N)=O)C(=O)CN(C(=O)CN(CCCN)C(=O)CN(C(=O)CN(C(=O)CN(CCCN)C(=O)CN(C(=O)CN(C(=O)CNCCCN)[C@@H](C)c1ccccc1)[C@@H](C)c1ccccc1)[C@@H](C)c1ccccc1)[C@@H](C)c1ccccc1)[C@@H](C)c1ccccc1. The predicted octanol–water partition coefficient (Wildman–Crippen LogP) is 6.30. The van der Waals surface area contributed by atoms with Gasteiger partial charge in [-0.05, 0) is 120 Å². The number of amides is 9. The summed E-state index contributed by atoms with van der Waals surface area (Å²) in [4.78, 5) is 144. The van der Waals surface area contributed by atoms with Gasteiger partial charge in [-0.3, -0.25) is 43.2 Å². The number of hydrogen-bond acceptors (Lipinski definition) is 13. The average molecular weight is 1330 g/mol. The molecule has 6 aromatic rings. The zero-order valence-corrected chi connectivity index (χ0v) is 57.1. The number of carbonyl (C=O) groups excluding carboxylic acids is 9. The minimum absolute atomic E-state index is 0.00503. The second-order valence-corrected chi connectivity index (χ2v) is 24.4. The van der Waals surface area contributed by atoms with Gasteiger partial charge in [0.2, 0.25) is 53.2 Å². The van der Waals surface area contributed by atoms with Crippen molar-refractivity contribution < 1.29 is 43.2 Å². The van der Waals surface area contributed by atoms with E-state index >= 15 is 28.8 Å². The largest absolute Gasteiger partial charge is 0.368 e. The molecule has 518 valence electrons. The molecule has 0 saturated carbocycles. The number of hydrogen-bond donors (Lipinski definition) is 5. The zero-order chi connectivity index (χ0) is 70.4. The van der Waals surface area contributed by atoms with Gasteiger partial charge < -0.3 is 67.5 Å². The lowest BCUT2D eigenvalue weighted by Gasteiger charge is -2.37. The van der Waals surface area contributed by atoms with Crippen LogP contribution in [0.3, 0.4) is 0 Å². The Morgan fingerprint density at radius 2 is 0.515 bits per heavy atom. The van der Waals surface area contributed by atoms with Gasteiger partial charge in [-0.25, -0.2) is 0 Å². The molecule has 0 aliphatic rings. The minimum atomic E-state index is -0.782. The number of carbonyl (C=O) groups is 9. The van der Waals surface area contributed by atoms with E-state index in [1.807, 2.05) is 165 Å². The van der Waals surface area contributed by atoms with E-state index in [0.29, 0.717) is 36.2 Å². The molecule has 9 amide bonds. The van der Waals surface area contributed by atoms with Crippen molar-refractivity contribution in [3.8, 4) is 0 Å². The quantitative estimate of drug-likeness (QED) is 0.0265. The molecule has 0 radical (unpaired) electrons. The second kappa shape index (κ2) is 39.4. The molecule has 0 unspecified atom stereocenters. The van der Waals surface area contributed by atoms with Gasteiger partial charge in [-0.2, -0.15) is 0 Å². The van der Waals surface area contributed by atoms with Crippen molar-refractivity contribution in [1.29, 1.82) is 0 Å². The molecular weight excluding hydrogens is 1230 g/mol. The van der Waals surface area contributed by atoms with Crippen molar-refractivity contribution in [3.63, 3.8) is 0 Å². The van der Waals surface area contributed by atoms with E-state index in [4.69, 9.17) is 22.9 Å². The predicted molar refractivity (Wildman–Crippen MR) is 376 cm³/mol. The maximum Gasteiger partial charge on any atom is 0.243 e. The summed E-state index contributed by atoms with van der Waals surface area (Å²) in [5, 5.41) is 3.14. The Balaban J connectivity index is 1.33. The first-order chi connectivity index (χ1) is 46.7. The van der Waals surface area contributed by atoms with Crippen molar-refractivity contribution in [2.75, 3.05) is 98.2 Å². The summed E-state index contributed by atoms with van der Waals surface area (Å²) in [6.45, 7) is 7.88. The molecule has 6 aromatic carbocycles. The highest BCUT2D eigenvalue weighted by Crippen LogP contribution is 2.29. The first-order valence-electron chi connectivity index (χ1n) is 33.4. The Morgan fingerprint density at radius 3 is 0.753 bits per heavy atom. The normalized spacial score (nSPS) is 12.9. The smallest absolute Gasteiger partial charge is 0.243 e. The number of nitrogens with one attached hydrogen (secondary N) is 1. The number of primary amides is 1. The highest BCUT2D eigenvalue weighted by molar-refractivity contribution is 5.94. The van der Waals surface area contributed by atoms with Crippen LogP contribution in [-0.2, 0) is 43.2 Å². The lowest BCUT2D eigenvalue weighted by Crippen LogP contribution is -2.53. The van der Waals surface area contributed by atoms with Crippen LogP contribution in [0.5, 0.6) is 0 Å². The summed E-state index contributed by atoms with van der Waals surface area (Å²) in [6.07, 6.45) is 1.18. The Labute approximate surface area is 571 Å². The average Bonchev–Trinajstić information content (AvgIpc) is 0.895. The van der Waals surface area contributed by atoms with Crippen molar-refractivity contribution in [3.05, 3.63) is 215 Å². The topological polar surface area (TPSA) is 296 Å². The Kier molecular flexibility index (Phi) is 31.1. The van der Waals surface area contributed by atoms with Gasteiger partial charge in [-0.15, -0.1) is 0 Å². The van der Waals surface area contributed by atoms with Crippen LogP contribution >= 0.6 is 0 Å². The van der Waals surface area contributed by atoms with Gasteiger partial charge in [0.15, 0.2) is 0 Å². The summed E-state index contributed by atoms with van der Waals surface area (Å²) in [5.74, 6) is -5.22. The molecule has 0 aliphatic heterocycles. The third-order valence-electron chi connectivity index (χ3n) is 17.7. The van der Waals surface area contributed by atoms with E-state index < -0.39 is 129 Å². The van der Waals surface area contributed by atoms with Crippen LogP contribution < -0.4 is 28.3 Å². The summed E-state index contributed by atoms with van der Waals surface area (Å²) >= 11 is 0. The Morgan fingerprint density at radius 1 is 0.299 bits per heavy atom. The van der Waals surface area contributed by atoms with Crippen LogP contribution in [0.25, 0.3) is 0 Å². The molecule has 9 N–H and O–H groups in total. The fraction of sp³-hybridized carbons (Fsp3) is 0.400. The molecule has 0 aromatic heterocycles. The van der Waals surface area contributed by atoms with E-state index in [1.54, 1.807) is 58.9 Å². The number of nitrogens with zero attached hydrogens (tertiary/aromatic N) is 8. The molecule has 0 spiro atoms. The van der Waals surface area contributed by atoms with Gasteiger partial charge in [0, 0.05) is 13.1 Å². The monoisotopic (exact) mass is 1330 g/mol. The molecule has 0 saturated heterocycles. The van der Waals surface area contributed by atoms with Gasteiger partial charge >= 0.3 is 0 Å². The molecule has 6 atom stereocenters. The summed E-state index contributed by atoms with van der Waals surface area (Å²) in [5.41, 5.74) is 27.9. The van der Waals surface area contributed by atoms with Crippen LogP contribution in [0, 0.1) is 0 Å². The van der Waals surface area contributed by atoms with Gasteiger partial charge in [0.1, 0.15) is 32.7 Å². The van der Waals surface area contributed by atoms with E-state index in [-0.39, 0.29) is 58.0 Å². The van der Waals surface area contributed by atoms with Crippen molar-refractivity contribution in [2.24, 2.45) is 22.9 Å². The summed E-state index contributed by atoms with van der Waals surface area (Å²) in [6, 6.07) is 50.7. The Hall–Kier alpha value is -9.61. The number of benzene rings is 6. The molecule has 22 nitrogen and oxygen atoms in total. The number of nitrogens with two attached hydrogens (primary N) is 4. The lowest BCUT2D eigenvalue weighted by molar-refractivity contribution is -0.151.